The Labute approximate surface area is 117 Å². The minimum absolute atomic E-state index is 0.104. The molecule has 0 aliphatic carbocycles. The molecule has 0 amide bonds. The van der Waals surface area contributed by atoms with Crippen molar-refractivity contribution < 1.29 is 4.39 Å². The lowest BCUT2D eigenvalue weighted by Gasteiger charge is -2.12. The van der Waals surface area contributed by atoms with Crippen molar-refractivity contribution in [2.45, 2.75) is 25.8 Å². The van der Waals surface area contributed by atoms with Crippen LogP contribution in [0.25, 0.3) is 0 Å². The van der Waals surface area contributed by atoms with Gasteiger partial charge in [-0.15, -0.1) is 0 Å². The molecule has 2 aromatic rings. The zero-order chi connectivity index (χ0) is 14.0. The van der Waals surface area contributed by atoms with Gasteiger partial charge >= 0.3 is 0 Å². The van der Waals surface area contributed by atoms with Crippen LogP contribution >= 0.6 is 11.6 Å². The largest absolute Gasteiger partial charge is 0.324 e. The van der Waals surface area contributed by atoms with E-state index < -0.39 is 5.82 Å². The molecule has 1 aromatic heterocycles. The quantitative estimate of drug-likeness (QED) is 0.936. The summed E-state index contributed by atoms with van der Waals surface area (Å²) in [6, 6.07) is 6.42. The fourth-order valence-electron chi connectivity index (χ4n) is 2.02. The summed E-state index contributed by atoms with van der Waals surface area (Å²) in [4.78, 5) is 0. The maximum absolute atomic E-state index is 13.1. The minimum Gasteiger partial charge on any atom is -0.324 e. The number of nitrogens with two attached hydrogens (primary N) is 1. The van der Waals surface area contributed by atoms with Crippen LogP contribution in [0.4, 0.5) is 4.39 Å². The van der Waals surface area contributed by atoms with Gasteiger partial charge < -0.3 is 5.73 Å². The zero-order valence-electron chi connectivity index (χ0n) is 11.0. The second-order valence-corrected chi connectivity index (χ2v) is 5.00. The minimum atomic E-state index is -0.425. The molecule has 0 radical (unpaired) electrons. The number of hydrogen-bond acceptors (Lipinski definition) is 2. The van der Waals surface area contributed by atoms with Gasteiger partial charge in [-0.25, -0.2) is 4.39 Å². The lowest BCUT2D eigenvalue weighted by molar-refractivity contribution is 0.619. The van der Waals surface area contributed by atoms with Crippen molar-refractivity contribution in [2.75, 3.05) is 0 Å². The van der Waals surface area contributed by atoms with Gasteiger partial charge in [0, 0.05) is 25.2 Å². The van der Waals surface area contributed by atoms with Gasteiger partial charge in [0.15, 0.2) is 0 Å². The van der Waals surface area contributed by atoms with E-state index in [1.54, 1.807) is 12.1 Å². The fraction of sp³-hybridized carbons (Fsp3) is 0.357. The van der Waals surface area contributed by atoms with Crippen molar-refractivity contribution in [3.8, 4) is 0 Å². The molecule has 5 heteroatoms. The molecule has 0 saturated heterocycles. The third-order valence-electron chi connectivity index (χ3n) is 3.19. The first-order valence-corrected chi connectivity index (χ1v) is 6.61. The Bertz CT molecular complexity index is 580. The Morgan fingerprint density at radius 3 is 2.74 bits per heavy atom. The molecule has 1 aromatic carbocycles. The third kappa shape index (κ3) is 3.14. The predicted molar refractivity (Wildman–Crippen MR) is 74.6 cm³/mol. The van der Waals surface area contributed by atoms with Gasteiger partial charge in [-0.2, -0.15) is 5.10 Å². The molecule has 2 N–H and O–H groups in total. The number of halogens is 2. The number of benzene rings is 1. The van der Waals surface area contributed by atoms with E-state index in [0.717, 1.165) is 23.4 Å². The molecular formula is C14H17ClFN3. The normalized spacial score (nSPS) is 12.7. The van der Waals surface area contributed by atoms with E-state index in [1.807, 2.05) is 17.8 Å². The molecule has 3 nitrogen and oxygen atoms in total. The number of nitrogens with zero attached hydrogens (tertiary/aromatic N) is 2. The van der Waals surface area contributed by atoms with Crippen molar-refractivity contribution in [1.29, 1.82) is 0 Å². The molecule has 1 heterocycles. The molecule has 102 valence electrons. The van der Waals surface area contributed by atoms with Crippen LogP contribution in [-0.4, -0.2) is 9.78 Å². The van der Waals surface area contributed by atoms with Crippen molar-refractivity contribution in [3.05, 3.63) is 52.1 Å². The fourth-order valence-corrected chi connectivity index (χ4v) is 2.21. The van der Waals surface area contributed by atoms with Crippen LogP contribution in [0.2, 0.25) is 5.02 Å². The Morgan fingerprint density at radius 2 is 2.16 bits per heavy atom. The zero-order valence-corrected chi connectivity index (χ0v) is 11.8. The average molecular weight is 282 g/mol. The third-order valence-corrected chi connectivity index (χ3v) is 3.48. The van der Waals surface area contributed by atoms with Gasteiger partial charge in [-0.05, 0) is 30.2 Å². The molecule has 0 fully saturated rings. The topological polar surface area (TPSA) is 43.8 Å². The second kappa shape index (κ2) is 5.72. The summed E-state index contributed by atoms with van der Waals surface area (Å²) >= 11 is 5.77. The van der Waals surface area contributed by atoms with Crippen LogP contribution in [0, 0.1) is 5.82 Å². The highest BCUT2D eigenvalue weighted by Crippen LogP contribution is 2.22. The van der Waals surface area contributed by atoms with E-state index in [1.165, 1.54) is 6.07 Å². The highest BCUT2D eigenvalue weighted by Gasteiger charge is 2.12. The van der Waals surface area contributed by atoms with Gasteiger partial charge in [-0.3, -0.25) is 4.68 Å². The number of hydrogen-bond donors (Lipinski definition) is 1. The Kier molecular flexibility index (Phi) is 4.22. The monoisotopic (exact) mass is 281 g/mol. The molecule has 0 spiro atoms. The van der Waals surface area contributed by atoms with Crippen molar-refractivity contribution in [1.82, 2.24) is 9.78 Å². The maximum Gasteiger partial charge on any atom is 0.141 e. The van der Waals surface area contributed by atoms with Gasteiger partial charge in [0.1, 0.15) is 5.82 Å². The first-order chi connectivity index (χ1) is 9.01. The first kappa shape index (κ1) is 14.0. The number of aryl methyl sites for hydroxylation is 2. The van der Waals surface area contributed by atoms with E-state index in [4.69, 9.17) is 17.3 Å². The highest BCUT2D eigenvalue weighted by molar-refractivity contribution is 6.30. The molecule has 1 unspecified atom stereocenters. The summed E-state index contributed by atoms with van der Waals surface area (Å²) in [6.45, 7) is 2.06. The van der Waals surface area contributed by atoms with Crippen molar-refractivity contribution in [2.24, 2.45) is 12.8 Å². The SMILES string of the molecule is CCc1cc(CC(N)c2ccc(F)c(Cl)c2)n(C)n1. The molecule has 0 aliphatic rings. The van der Waals surface area contributed by atoms with Crippen LogP contribution in [0.5, 0.6) is 0 Å². The lowest BCUT2D eigenvalue weighted by atomic mass is 10.0. The summed E-state index contributed by atoms with van der Waals surface area (Å²) in [5, 5.41) is 4.49. The maximum atomic E-state index is 13.1. The Balaban J connectivity index is 2.17. The molecule has 0 bridgehead atoms. The van der Waals surface area contributed by atoms with Crippen LogP contribution in [-0.2, 0) is 19.9 Å². The summed E-state index contributed by atoms with van der Waals surface area (Å²) in [6.07, 6.45) is 1.54. The van der Waals surface area contributed by atoms with Crippen LogP contribution in [0.15, 0.2) is 24.3 Å². The molecule has 0 aliphatic heterocycles. The standard InChI is InChI=1S/C14H17ClFN3/c1-3-10-7-11(19(2)18-10)8-14(17)9-4-5-13(16)12(15)6-9/h4-7,14H,3,8,17H2,1-2H3. The van der Waals surface area contributed by atoms with E-state index >= 15 is 0 Å². The van der Waals surface area contributed by atoms with Gasteiger partial charge in [0.05, 0.1) is 10.7 Å². The first-order valence-electron chi connectivity index (χ1n) is 6.23. The summed E-state index contributed by atoms with van der Waals surface area (Å²) in [7, 11) is 1.90. The summed E-state index contributed by atoms with van der Waals surface area (Å²) in [5.74, 6) is -0.425. The van der Waals surface area contributed by atoms with E-state index in [0.29, 0.717) is 6.42 Å². The number of rotatable bonds is 4. The molecule has 0 saturated carbocycles. The van der Waals surface area contributed by atoms with Crippen molar-refractivity contribution >= 4 is 11.6 Å². The van der Waals surface area contributed by atoms with Crippen LogP contribution in [0.1, 0.15) is 29.9 Å². The summed E-state index contributed by atoms with van der Waals surface area (Å²) < 4.78 is 15.0. The average Bonchev–Trinajstić information content (AvgIpc) is 2.73. The highest BCUT2D eigenvalue weighted by atomic mass is 35.5. The molecule has 19 heavy (non-hydrogen) atoms. The molecule has 2 rings (SSSR count). The van der Waals surface area contributed by atoms with E-state index in [9.17, 15) is 4.39 Å². The Hall–Kier alpha value is -1.39. The lowest BCUT2D eigenvalue weighted by Crippen LogP contribution is -2.15. The van der Waals surface area contributed by atoms with Crippen molar-refractivity contribution in [3.63, 3.8) is 0 Å². The molecular weight excluding hydrogens is 265 g/mol. The Morgan fingerprint density at radius 1 is 1.42 bits per heavy atom. The second-order valence-electron chi connectivity index (χ2n) is 4.59. The van der Waals surface area contributed by atoms with Crippen LogP contribution < -0.4 is 5.73 Å². The van der Waals surface area contributed by atoms with E-state index in [2.05, 4.69) is 12.0 Å². The van der Waals surface area contributed by atoms with E-state index in [-0.39, 0.29) is 11.1 Å². The smallest absolute Gasteiger partial charge is 0.141 e. The number of aromatic nitrogens is 2. The predicted octanol–water partition coefficient (Wildman–Crippen LogP) is 3.02. The van der Waals surface area contributed by atoms with Crippen LogP contribution in [0.3, 0.4) is 0 Å². The molecule has 1 atom stereocenters. The summed E-state index contributed by atoms with van der Waals surface area (Å²) in [5.41, 5.74) is 9.07. The van der Waals surface area contributed by atoms with Gasteiger partial charge in [0.25, 0.3) is 0 Å². The van der Waals surface area contributed by atoms with Gasteiger partial charge in [-0.1, -0.05) is 24.6 Å². The van der Waals surface area contributed by atoms with Gasteiger partial charge in [0.2, 0.25) is 0 Å².